The number of anilines is 3. The topological polar surface area (TPSA) is 230 Å². The SMILES string of the molecule is c1ccc(-c2ccc3c(c2)c2cc(-c4ccccc4)ccc2n3-c2ccc(-c3nc4ncccc4o3)cc2)cc1.c1ccc(-c2ccc3c(c2)c2cc(-c4ccccc4)ccc2n3-c2ccc(-c3nc4ncccc4o3)nc2)cc1.c1ccc(N(c2ccccc2)c2ccc3c(c2)c2ccccc2n3-c2ccc(-c3nc4ncccc4o3)nc2)cc1.c1cnc2nc(-c3ccc(-n4c5ccccc5c5cccnc54)cn3)oc2c1. The van der Waals surface area contributed by atoms with Gasteiger partial charge in [-0.05, 0) is 269 Å². The predicted molar refractivity (Wildman–Crippen MR) is 594 cm³/mol. The maximum absolute atomic E-state index is 5.96. The summed E-state index contributed by atoms with van der Waals surface area (Å²) < 4.78 is 32.5. The van der Waals surface area contributed by atoms with E-state index in [1.807, 2.05) is 140 Å². The highest BCUT2D eigenvalue weighted by Gasteiger charge is 2.25. The van der Waals surface area contributed by atoms with Gasteiger partial charge in [0.2, 0.25) is 23.6 Å². The Morgan fingerprint density at radius 2 is 0.456 bits per heavy atom. The van der Waals surface area contributed by atoms with Gasteiger partial charge in [0.1, 0.15) is 22.7 Å². The zero-order valence-corrected chi connectivity index (χ0v) is 79.5. The van der Waals surface area contributed by atoms with Crippen molar-refractivity contribution in [1.29, 1.82) is 0 Å². The largest absolute Gasteiger partial charge is 0.434 e. The van der Waals surface area contributed by atoms with E-state index in [4.69, 9.17) is 27.6 Å². The van der Waals surface area contributed by atoms with E-state index in [2.05, 4.69) is 401 Å². The van der Waals surface area contributed by atoms with Crippen molar-refractivity contribution in [3.63, 3.8) is 0 Å². The number of pyridine rings is 8. The molecule has 149 heavy (non-hydrogen) atoms. The van der Waals surface area contributed by atoms with E-state index < -0.39 is 0 Å². The monoisotopic (exact) mass is 1920 g/mol. The maximum Gasteiger partial charge on any atom is 0.247 e. The summed E-state index contributed by atoms with van der Waals surface area (Å²) >= 11 is 0. The highest BCUT2D eigenvalue weighted by Crippen LogP contribution is 2.45. The molecule has 0 aliphatic heterocycles. The standard InChI is InChI=1S/C36H23N3O.C35H23N5O.C35H22N4O.C22H13N5O/c1-3-8-24(9-4-1)27-15-19-32-30(22-27)31-23-28(25-10-5-2-6-11-25)16-20-33(31)39(32)29-17-13-26(14-18-29)36-38-35-34(40-36)12-7-21-37-35;1-3-10-24(11-4-1)39(25-12-5-2-6-13-25)26-18-20-32-29(22-26)28-14-7-8-15-31(28)40(32)27-17-19-30(37-23-27)35-38-34-33(41-35)16-9-21-36-34;1-3-8-23(9-4-1)25-13-17-31-28(20-25)29-21-26(24-10-5-2-6-11-24)14-18-32(29)39(31)27-15-16-30(37-22-27)35-38-34-33(40-35)12-7-19-36-34;1-2-7-18-15(5-1)16-6-3-12-24-21(16)27(18)14-9-10-17(25-13-14)22-26-20-19(28-22)8-4-11-23-20/h1-23H;1-23H;1-22H;1-13H. The highest BCUT2D eigenvalue weighted by molar-refractivity contribution is 6.15. The smallest absolute Gasteiger partial charge is 0.247 e. The second-order valence-electron chi connectivity index (χ2n) is 36.0. The number of oxazole rings is 4. The normalized spacial score (nSPS) is 11.5. The first-order chi connectivity index (χ1) is 73.8. The van der Waals surface area contributed by atoms with Gasteiger partial charge < -0.3 is 36.3 Å². The Bertz CT molecular complexity index is 9490. The zero-order valence-electron chi connectivity index (χ0n) is 79.5. The summed E-state index contributed by atoms with van der Waals surface area (Å²) in [5, 5.41) is 9.48. The minimum atomic E-state index is 0.457. The third-order valence-electron chi connectivity index (χ3n) is 27.0. The molecule has 30 rings (SSSR count). The third-order valence-corrected chi connectivity index (χ3v) is 27.0. The molecule has 0 N–H and O–H groups in total. The van der Waals surface area contributed by atoms with Crippen LogP contribution in [-0.4, -0.2) is 78.1 Å². The van der Waals surface area contributed by atoms with Gasteiger partial charge in [-0.15, -0.1) is 0 Å². The number of aromatic nitrogens is 16. The summed E-state index contributed by atoms with van der Waals surface area (Å²) in [7, 11) is 0. The Morgan fingerprint density at radius 3 is 0.832 bits per heavy atom. The fourth-order valence-electron chi connectivity index (χ4n) is 20.1. The van der Waals surface area contributed by atoms with Crippen LogP contribution in [0.2, 0.25) is 0 Å². The summed E-state index contributed by atoms with van der Waals surface area (Å²) in [5.74, 6) is 1.95. The molecular formula is C128H81N17O4. The Kier molecular flexibility index (Phi) is 22.0. The second kappa shape index (κ2) is 37.6. The Hall–Kier alpha value is -20.8. The summed E-state index contributed by atoms with van der Waals surface area (Å²) in [6.07, 6.45) is 14.2. The van der Waals surface area contributed by atoms with Gasteiger partial charge in [-0.3, -0.25) is 4.57 Å². The number of hydrogen-bond acceptors (Lipinski definition) is 17. The van der Waals surface area contributed by atoms with Crippen molar-refractivity contribution in [2.45, 2.75) is 0 Å². The van der Waals surface area contributed by atoms with Gasteiger partial charge in [0.15, 0.2) is 44.9 Å². The van der Waals surface area contributed by atoms with Gasteiger partial charge in [0, 0.05) is 102 Å². The number of benzene rings is 14. The molecule has 0 spiro atoms. The molecule has 14 aromatic carbocycles. The lowest BCUT2D eigenvalue weighted by molar-refractivity contribution is 0.616. The van der Waals surface area contributed by atoms with Gasteiger partial charge in [-0.1, -0.05) is 218 Å². The van der Waals surface area contributed by atoms with E-state index in [9.17, 15) is 0 Å². The van der Waals surface area contributed by atoms with Crippen LogP contribution >= 0.6 is 0 Å². The van der Waals surface area contributed by atoms with Crippen LogP contribution in [0.4, 0.5) is 17.1 Å². The van der Waals surface area contributed by atoms with E-state index in [0.717, 1.165) is 84.0 Å². The summed E-state index contributed by atoms with van der Waals surface area (Å²) in [4.78, 5) is 56.0. The highest BCUT2D eigenvalue weighted by atomic mass is 16.4. The van der Waals surface area contributed by atoms with Crippen molar-refractivity contribution in [3.8, 4) is 113 Å². The molecule has 21 heteroatoms. The van der Waals surface area contributed by atoms with Gasteiger partial charge >= 0.3 is 0 Å². The van der Waals surface area contributed by atoms with Gasteiger partial charge in [0.25, 0.3) is 0 Å². The fourth-order valence-corrected chi connectivity index (χ4v) is 20.1. The maximum atomic E-state index is 5.96. The molecule has 16 aromatic heterocycles. The van der Waals surface area contributed by atoms with E-state index in [1.54, 1.807) is 24.8 Å². The van der Waals surface area contributed by atoms with Crippen molar-refractivity contribution in [2.24, 2.45) is 0 Å². The van der Waals surface area contributed by atoms with Crippen molar-refractivity contribution in [3.05, 3.63) is 492 Å². The lowest BCUT2D eigenvalue weighted by atomic mass is 10.0. The lowest BCUT2D eigenvalue weighted by Crippen LogP contribution is -2.09. The van der Waals surface area contributed by atoms with Crippen LogP contribution in [0.3, 0.4) is 0 Å². The average molecular weight is 1920 g/mol. The number of hydrogen-bond donors (Lipinski definition) is 0. The Morgan fingerprint density at radius 1 is 0.174 bits per heavy atom. The average Bonchev–Trinajstić information content (AvgIpc) is 1.59. The van der Waals surface area contributed by atoms with Crippen molar-refractivity contribution in [2.75, 3.05) is 4.90 Å². The minimum absolute atomic E-state index is 0.457. The molecule has 0 amide bonds. The molecule has 16 heterocycles. The van der Waals surface area contributed by atoms with E-state index in [1.165, 1.54) is 93.2 Å². The van der Waals surface area contributed by atoms with Crippen LogP contribution < -0.4 is 4.90 Å². The molecule has 21 nitrogen and oxygen atoms in total. The van der Waals surface area contributed by atoms with Crippen LogP contribution in [-0.2, 0) is 0 Å². The molecule has 0 fully saturated rings. The summed E-state index contributed by atoms with van der Waals surface area (Å²) in [5.41, 5.74) is 33.6. The quantitative estimate of drug-likeness (QED) is 0.0928. The molecule has 0 bridgehead atoms. The molecule has 0 saturated carbocycles. The van der Waals surface area contributed by atoms with Crippen LogP contribution in [0, 0.1) is 0 Å². The molecule has 30 aromatic rings. The number of nitrogens with zero attached hydrogens (tertiary/aromatic N) is 17. The fraction of sp³-hybridized carbons (Fsp3) is 0. The van der Waals surface area contributed by atoms with Crippen LogP contribution in [0.1, 0.15) is 0 Å². The van der Waals surface area contributed by atoms with Gasteiger partial charge in [-0.2, -0.15) is 19.9 Å². The molecule has 0 unspecified atom stereocenters. The molecule has 0 radical (unpaired) electrons. The van der Waals surface area contributed by atoms with Crippen LogP contribution in [0.5, 0.6) is 0 Å². The van der Waals surface area contributed by atoms with Crippen molar-refractivity contribution in [1.82, 2.24) is 78.1 Å². The van der Waals surface area contributed by atoms with E-state index in [-0.39, 0.29) is 0 Å². The second-order valence-corrected chi connectivity index (χ2v) is 36.0. The zero-order chi connectivity index (χ0) is 98.6. The molecular weight excluding hydrogens is 1840 g/mol. The predicted octanol–water partition coefficient (Wildman–Crippen LogP) is 31.7. The summed E-state index contributed by atoms with van der Waals surface area (Å²) in [6, 6.07) is 153. The Balaban J connectivity index is 0.0000000987. The van der Waals surface area contributed by atoms with Gasteiger partial charge in [-0.25, -0.2) is 39.9 Å². The number of fused-ring (bicyclic) bond motifs is 16. The van der Waals surface area contributed by atoms with Gasteiger partial charge in [0.05, 0.1) is 74.3 Å². The van der Waals surface area contributed by atoms with Crippen LogP contribution in [0.15, 0.2) is 510 Å². The van der Waals surface area contributed by atoms with Crippen molar-refractivity contribution >= 4 is 149 Å². The third kappa shape index (κ3) is 16.3. The number of rotatable bonds is 15. The van der Waals surface area contributed by atoms with Crippen molar-refractivity contribution < 1.29 is 17.7 Å². The first-order valence-corrected chi connectivity index (χ1v) is 48.9. The first kappa shape index (κ1) is 87.2. The lowest BCUT2D eigenvalue weighted by Gasteiger charge is -2.25. The molecule has 702 valence electrons. The van der Waals surface area contributed by atoms with E-state index in [0.29, 0.717) is 85.6 Å². The summed E-state index contributed by atoms with van der Waals surface area (Å²) in [6.45, 7) is 0. The number of para-hydroxylation sites is 4. The minimum Gasteiger partial charge on any atom is -0.434 e. The molecule has 0 saturated heterocycles. The Labute approximate surface area is 850 Å². The first-order valence-electron chi connectivity index (χ1n) is 48.9. The van der Waals surface area contributed by atoms with E-state index >= 15 is 0 Å². The molecule has 0 aliphatic rings. The molecule has 0 atom stereocenters. The molecule has 0 aliphatic carbocycles. The van der Waals surface area contributed by atoms with Crippen LogP contribution in [0.25, 0.3) is 246 Å².